The first-order valence-electron chi connectivity index (χ1n) is 6.41. The Bertz CT molecular complexity index is 785. The highest BCUT2D eigenvalue weighted by Gasteiger charge is 2.12. The molecule has 0 unspecified atom stereocenters. The van der Waals surface area contributed by atoms with Gasteiger partial charge >= 0.3 is 0 Å². The molecular formula is C15H16N2O4. The molecule has 110 valence electrons. The first kappa shape index (κ1) is 14.8. The largest absolute Gasteiger partial charge is 0.497 e. The third kappa shape index (κ3) is 2.94. The average molecular weight is 288 g/mol. The van der Waals surface area contributed by atoms with E-state index in [0.717, 1.165) is 4.68 Å². The van der Waals surface area contributed by atoms with E-state index in [9.17, 15) is 14.4 Å². The van der Waals surface area contributed by atoms with E-state index in [2.05, 4.69) is 5.10 Å². The Hall–Kier alpha value is -2.63. The normalized spacial score (nSPS) is 10.4. The molecule has 1 aromatic heterocycles. The Morgan fingerprint density at radius 1 is 1.14 bits per heavy atom. The van der Waals surface area contributed by atoms with Gasteiger partial charge in [-0.25, -0.2) is 4.68 Å². The highest BCUT2D eigenvalue weighted by Crippen LogP contribution is 2.12. The van der Waals surface area contributed by atoms with Crippen LogP contribution in [0.15, 0.2) is 33.9 Å². The number of carbonyl (C=O) groups excluding carboxylic acids is 1. The van der Waals surface area contributed by atoms with Gasteiger partial charge in [0.05, 0.1) is 7.11 Å². The summed E-state index contributed by atoms with van der Waals surface area (Å²) in [6.45, 7) is 2.94. The fourth-order valence-corrected chi connectivity index (χ4v) is 1.91. The zero-order chi connectivity index (χ0) is 15.6. The number of Topliss-reactive ketones (excluding diaryl/α,β-unsaturated/α-hetero) is 1. The number of rotatable bonds is 4. The number of ketones is 1. The summed E-state index contributed by atoms with van der Waals surface area (Å²) < 4.78 is 6.06. The Morgan fingerprint density at radius 3 is 2.33 bits per heavy atom. The topological polar surface area (TPSA) is 81.2 Å². The van der Waals surface area contributed by atoms with Gasteiger partial charge in [-0.05, 0) is 38.1 Å². The molecule has 0 saturated heterocycles. The summed E-state index contributed by atoms with van der Waals surface area (Å²) in [5.74, 6) is 0.377. The van der Waals surface area contributed by atoms with E-state index in [0.29, 0.717) is 22.4 Å². The van der Waals surface area contributed by atoms with Crippen LogP contribution in [0.2, 0.25) is 0 Å². The molecule has 2 rings (SSSR count). The second kappa shape index (κ2) is 5.78. The van der Waals surface area contributed by atoms with Gasteiger partial charge in [-0.3, -0.25) is 19.5 Å². The van der Waals surface area contributed by atoms with Crippen LogP contribution in [0.25, 0.3) is 0 Å². The Balaban J connectivity index is 2.31. The maximum Gasteiger partial charge on any atom is 0.268 e. The van der Waals surface area contributed by atoms with Gasteiger partial charge < -0.3 is 4.74 Å². The highest BCUT2D eigenvalue weighted by molar-refractivity contribution is 5.95. The van der Waals surface area contributed by atoms with Crippen LogP contribution in [-0.4, -0.2) is 22.7 Å². The number of benzene rings is 1. The van der Waals surface area contributed by atoms with Gasteiger partial charge in [-0.1, -0.05) is 0 Å². The highest BCUT2D eigenvalue weighted by atomic mass is 16.5. The molecule has 0 radical (unpaired) electrons. The van der Waals surface area contributed by atoms with Crippen molar-refractivity contribution in [2.75, 3.05) is 7.11 Å². The number of aromatic amines is 1. The maximum absolute atomic E-state index is 12.2. The summed E-state index contributed by atoms with van der Waals surface area (Å²) >= 11 is 0. The predicted molar refractivity (Wildman–Crippen MR) is 78.1 cm³/mol. The smallest absolute Gasteiger partial charge is 0.268 e. The Labute approximate surface area is 121 Å². The standard InChI is InChI=1S/C15H16N2O4/c1-9-10(2)15(20)17(16-14(9)19)8-13(18)11-4-6-12(21-3)7-5-11/h4-7H,8H2,1-3H3,(H,16,19). The number of nitrogens with zero attached hydrogens (tertiary/aromatic N) is 1. The molecule has 1 heterocycles. The van der Waals surface area contributed by atoms with Crippen molar-refractivity contribution < 1.29 is 9.53 Å². The molecule has 1 aromatic carbocycles. The molecule has 2 aromatic rings. The van der Waals surface area contributed by atoms with E-state index in [1.165, 1.54) is 7.11 Å². The molecule has 0 aliphatic carbocycles. The number of aromatic nitrogens is 2. The van der Waals surface area contributed by atoms with Crippen molar-refractivity contribution in [2.45, 2.75) is 20.4 Å². The number of methoxy groups -OCH3 is 1. The minimum atomic E-state index is -0.367. The molecule has 0 aliphatic rings. The number of nitrogens with one attached hydrogen (secondary N) is 1. The van der Waals surface area contributed by atoms with Crippen molar-refractivity contribution in [1.29, 1.82) is 0 Å². The van der Waals surface area contributed by atoms with Gasteiger partial charge in [0, 0.05) is 16.7 Å². The minimum Gasteiger partial charge on any atom is -0.497 e. The van der Waals surface area contributed by atoms with E-state index in [1.54, 1.807) is 38.1 Å². The van der Waals surface area contributed by atoms with Crippen LogP contribution in [0.5, 0.6) is 5.75 Å². The molecule has 0 aliphatic heterocycles. The summed E-state index contributed by atoms with van der Waals surface area (Å²) in [5.41, 5.74) is 0.430. The van der Waals surface area contributed by atoms with Gasteiger partial charge in [0.1, 0.15) is 12.3 Å². The van der Waals surface area contributed by atoms with Gasteiger partial charge in [0.15, 0.2) is 5.78 Å². The van der Waals surface area contributed by atoms with Crippen molar-refractivity contribution in [3.63, 3.8) is 0 Å². The van der Waals surface area contributed by atoms with Crippen LogP contribution in [0.1, 0.15) is 21.5 Å². The van der Waals surface area contributed by atoms with Gasteiger partial charge in [0.2, 0.25) is 0 Å². The molecule has 0 saturated carbocycles. The predicted octanol–water partition coefficient (Wildman–Crippen LogP) is 1.04. The summed E-state index contributed by atoms with van der Waals surface area (Å²) in [5, 5.41) is 2.41. The first-order valence-corrected chi connectivity index (χ1v) is 6.41. The van der Waals surface area contributed by atoms with E-state index in [4.69, 9.17) is 4.74 Å². The minimum absolute atomic E-state index is 0.207. The van der Waals surface area contributed by atoms with Crippen LogP contribution in [0.4, 0.5) is 0 Å². The lowest BCUT2D eigenvalue weighted by Gasteiger charge is -2.08. The SMILES string of the molecule is COc1ccc(C(=O)Cn2[nH]c(=O)c(C)c(C)c2=O)cc1. The number of carbonyl (C=O) groups is 1. The summed E-state index contributed by atoms with van der Waals surface area (Å²) in [6, 6.07) is 6.56. The summed E-state index contributed by atoms with van der Waals surface area (Å²) in [4.78, 5) is 35.9. The molecule has 6 heteroatoms. The number of H-pyrrole nitrogens is 1. The average Bonchev–Trinajstić information content (AvgIpc) is 2.50. The van der Waals surface area contributed by atoms with E-state index >= 15 is 0 Å². The number of hydrogen-bond donors (Lipinski definition) is 1. The molecule has 0 amide bonds. The molecule has 1 N–H and O–H groups in total. The van der Waals surface area contributed by atoms with Crippen molar-refractivity contribution >= 4 is 5.78 Å². The Kier molecular flexibility index (Phi) is 4.07. The summed E-state index contributed by atoms with van der Waals surface area (Å²) in [6.07, 6.45) is 0. The van der Waals surface area contributed by atoms with Crippen LogP contribution in [0, 0.1) is 13.8 Å². The zero-order valence-electron chi connectivity index (χ0n) is 12.1. The quantitative estimate of drug-likeness (QED) is 0.852. The molecular weight excluding hydrogens is 272 g/mol. The second-order valence-corrected chi connectivity index (χ2v) is 4.73. The third-order valence-corrected chi connectivity index (χ3v) is 3.42. The fraction of sp³-hybridized carbons (Fsp3) is 0.267. The van der Waals surface area contributed by atoms with Crippen LogP contribution >= 0.6 is 0 Å². The lowest BCUT2D eigenvalue weighted by Crippen LogP contribution is -2.35. The Morgan fingerprint density at radius 2 is 1.76 bits per heavy atom. The molecule has 21 heavy (non-hydrogen) atoms. The van der Waals surface area contributed by atoms with Crippen LogP contribution in [0.3, 0.4) is 0 Å². The molecule has 0 atom stereocenters. The third-order valence-electron chi connectivity index (χ3n) is 3.42. The van der Waals surface area contributed by atoms with Gasteiger partial charge in [-0.2, -0.15) is 0 Å². The van der Waals surface area contributed by atoms with Gasteiger partial charge in [0.25, 0.3) is 11.1 Å². The lowest BCUT2D eigenvalue weighted by molar-refractivity contribution is 0.0965. The van der Waals surface area contributed by atoms with Crippen molar-refractivity contribution in [1.82, 2.24) is 9.78 Å². The van der Waals surface area contributed by atoms with Crippen molar-refractivity contribution in [2.24, 2.45) is 0 Å². The molecule has 0 spiro atoms. The fourth-order valence-electron chi connectivity index (χ4n) is 1.91. The van der Waals surface area contributed by atoms with Crippen LogP contribution in [-0.2, 0) is 6.54 Å². The zero-order valence-corrected chi connectivity index (χ0v) is 12.1. The first-order chi connectivity index (χ1) is 9.93. The lowest BCUT2D eigenvalue weighted by atomic mass is 10.1. The van der Waals surface area contributed by atoms with E-state index in [1.807, 2.05) is 0 Å². The molecule has 6 nitrogen and oxygen atoms in total. The van der Waals surface area contributed by atoms with Crippen LogP contribution < -0.4 is 15.9 Å². The monoisotopic (exact) mass is 288 g/mol. The summed E-state index contributed by atoms with van der Waals surface area (Å²) in [7, 11) is 1.54. The maximum atomic E-state index is 12.2. The molecule has 0 fully saturated rings. The van der Waals surface area contributed by atoms with Gasteiger partial charge in [-0.15, -0.1) is 0 Å². The molecule has 0 bridgehead atoms. The second-order valence-electron chi connectivity index (χ2n) is 4.73. The van der Waals surface area contributed by atoms with Crippen molar-refractivity contribution in [3.8, 4) is 5.75 Å². The van der Waals surface area contributed by atoms with E-state index in [-0.39, 0.29) is 23.4 Å². The van der Waals surface area contributed by atoms with Crippen molar-refractivity contribution in [3.05, 3.63) is 61.7 Å². The number of hydrogen-bond acceptors (Lipinski definition) is 4. The van der Waals surface area contributed by atoms with E-state index < -0.39 is 0 Å². The number of ether oxygens (including phenoxy) is 1.